The summed E-state index contributed by atoms with van der Waals surface area (Å²) >= 11 is 11.8. The average Bonchev–Trinajstić information content (AvgIpc) is 3.42. The second-order valence-electron chi connectivity index (χ2n) is 7.34. The lowest BCUT2D eigenvalue weighted by Crippen LogP contribution is -2.62. The largest absolute Gasteiger partial charge is 0.506 e. The van der Waals surface area contributed by atoms with Crippen LogP contribution in [0.15, 0.2) is 12.1 Å². The molecule has 2 bridgehead atoms. The van der Waals surface area contributed by atoms with E-state index in [1.54, 1.807) is 4.31 Å². The number of nitrogens with one attached hydrogen (secondary N) is 1. The van der Waals surface area contributed by atoms with Crippen LogP contribution in [0.25, 0.3) is 0 Å². The Morgan fingerprint density at radius 3 is 2.41 bits per heavy atom. The summed E-state index contributed by atoms with van der Waals surface area (Å²) in [6.45, 7) is 0.645. The van der Waals surface area contributed by atoms with Crippen LogP contribution in [-0.2, 0) is 14.8 Å². The molecule has 2 heterocycles. The van der Waals surface area contributed by atoms with Gasteiger partial charge in [0.25, 0.3) is 5.91 Å². The van der Waals surface area contributed by atoms with E-state index in [0.717, 1.165) is 0 Å². The van der Waals surface area contributed by atoms with Gasteiger partial charge < -0.3 is 15.2 Å². The summed E-state index contributed by atoms with van der Waals surface area (Å²) in [7, 11) is -3.30. The highest BCUT2D eigenvalue weighted by Crippen LogP contribution is 2.38. The van der Waals surface area contributed by atoms with E-state index in [9.17, 15) is 18.3 Å². The fourth-order valence-corrected chi connectivity index (χ4v) is 6.65. The number of hydrogen-bond acceptors (Lipinski definition) is 5. The minimum absolute atomic E-state index is 0.00180. The van der Waals surface area contributed by atoms with Crippen molar-refractivity contribution in [2.45, 2.75) is 49.1 Å². The van der Waals surface area contributed by atoms with E-state index in [2.05, 4.69) is 5.32 Å². The Morgan fingerprint density at radius 2 is 1.81 bits per heavy atom. The zero-order valence-electron chi connectivity index (χ0n) is 14.4. The monoisotopic (exact) mass is 434 g/mol. The number of ether oxygens (including phenoxy) is 1. The van der Waals surface area contributed by atoms with Gasteiger partial charge in [0.15, 0.2) is 0 Å². The minimum atomic E-state index is -3.30. The summed E-state index contributed by atoms with van der Waals surface area (Å²) in [4.78, 5) is 12.6. The Morgan fingerprint density at radius 1 is 1.19 bits per heavy atom. The van der Waals surface area contributed by atoms with Crippen molar-refractivity contribution >= 4 is 39.1 Å². The molecule has 0 aromatic heterocycles. The number of benzene rings is 1. The van der Waals surface area contributed by atoms with Gasteiger partial charge in [-0.05, 0) is 37.8 Å². The number of fused-ring (bicyclic) bond motifs is 2. The third kappa shape index (κ3) is 3.65. The van der Waals surface area contributed by atoms with Crippen molar-refractivity contribution in [2.24, 2.45) is 0 Å². The molecule has 0 spiro atoms. The maximum Gasteiger partial charge on any atom is 0.255 e. The molecule has 4 rings (SSSR count). The predicted molar refractivity (Wildman–Crippen MR) is 101 cm³/mol. The Labute approximate surface area is 167 Å². The SMILES string of the molecule is O=C(NC1CC2COCC(C1)N2S(=O)(=O)C1CC1)c1cc(Cl)cc(Cl)c1O. The summed E-state index contributed by atoms with van der Waals surface area (Å²) in [6.07, 6.45) is 2.36. The molecule has 1 aromatic carbocycles. The molecule has 2 unspecified atom stereocenters. The van der Waals surface area contributed by atoms with Crippen molar-refractivity contribution in [1.29, 1.82) is 0 Å². The molecule has 10 heteroatoms. The molecule has 7 nitrogen and oxygen atoms in total. The molecule has 27 heavy (non-hydrogen) atoms. The van der Waals surface area contributed by atoms with Gasteiger partial charge >= 0.3 is 0 Å². The van der Waals surface area contributed by atoms with Crippen LogP contribution in [-0.4, -0.2) is 60.3 Å². The summed E-state index contributed by atoms with van der Waals surface area (Å²) < 4.78 is 32.7. The lowest BCUT2D eigenvalue weighted by atomic mass is 9.92. The third-order valence-electron chi connectivity index (χ3n) is 5.30. The molecule has 1 saturated carbocycles. The van der Waals surface area contributed by atoms with Gasteiger partial charge in [-0.25, -0.2) is 8.42 Å². The van der Waals surface area contributed by atoms with E-state index in [1.807, 2.05) is 0 Å². The highest BCUT2D eigenvalue weighted by Gasteiger charge is 2.50. The number of hydrogen-bond donors (Lipinski definition) is 2. The number of amides is 1. The Bertz CT molecular complexity index is 860. The van der Waals surface area contributed by atoms with Gasteiger partial charge in [0.1, 0.15) is 5.75 Å². The Balaban J connectivity index is 1.50. The standard InChI is InChI=1S/C17H20Cl2N2O5S/c18-9-3-14(16(22)15(19)4-9)17(23)20-10-5-11-7-26-8-12(6-10)21(11)27(24,25)13-1-2-13/h3-4,10-13,22H,1-2,5-8H2,(H,20,23). The Kier molecular flexibility index (Phi) is 5.05. The van der Waals surface area contributed by atoms with E-state index in [0.29, 0.717) is 38.9 Å². The fourth-order valence-electron chi connectivity index (χ4n) is 3.96. The average molecular weight is 435 g/mol. The van der Waals surface area contributed by atoms with Crippen LogP contribution >= 0.6 is 23.2 Å². The highest BCUT2D eigenvalue weighted by atomic mass is 35.5. The number of carbonyl (C=O) groups excluding carboxylic acids is 1. The van der Waals surface area contributed by atoms with Gasteiger partial charge in [-0.15, -0.1) is 0 Å². The first kappa shape index (κ1) is 19.3. The zero-order valence-corrected chi connectivity index (χ0v) is 16.7. The van der Waals surface area contributed by atoms with Crippen molar-refractivity contribution in [1.82, 2.24) is 9.62 Å². The summed E-state index contributed by atoms with van der Waals surface area (Å²) in [5.74, 6) is -0.810. The second kappa shape index (κ2) is 7.08. The smallest absolute Gasteiger partial charge is 0.255 e. The lowest BCUT2D eigenvalue weighted by molar-refractivity contribution is -0.0377. The molecule has 1 aromatic rings. The molecule has 2 N–H and O–H groups in total. The van der Waals surface area contributed by atoms with Gasteiger partial charge in [0.2, 0.25) is 10.0 Å². The molecule has 2 aliphatic heterocycles. The minimum Gasteiger partial charge on any atom is -0.506 e. The second-order valence-corrected chi connectivity index (χ2v) is 10.3. The van der Waals surface area contributed by atoms with Crippen molar-refractivity contribution in [2.75, 3.05) is 13.2 Å². The third-order valence-corrected chi connectivity index (χ3v) is 8.31. The number of phenols is 1. The van der Waals surface area contributed by atoms with Crippen LogP contribution in [0.2, 0.25) is 10.0 Å². The first-order chi connectivity index (χ1) is 12.8. The lowest BCUT2D eigenvalue weighted by Gasteiger charge is -2.47. The van der Waals surface area contributed by atoms with Gasteiger partial charge in [0, 0.05) is 11.1 Å². The number of rotatable bonds is 4. The molecule has 3 fully saturated rings. The van der Waals surface area contributed by atoms with Crippen molar-refractivity contribution in [3.05, 3.63) is 27.7 Å². The van der Waals surface area contributed by atoms with Crippen LogP contribution in [0.5, 0.6) is 5.75 Å². The number of piperidine rings is 1. The number of halogens is 2. The van der Waals surface area contributed by atoms with Gasteiger partial charge in [-0.2, -0.15) is 4.31 Å². The van der Waals surface area contributed by atoms with Crippen LogP contribution in [0.3, 0.4) is 0 Å². The van der Waals surface area contributed by atoms with Crippen molar-refractivity contribution in [3.8, 4) is 5.75 Å². The molecular formula is C17H20Cl2N2O5S. The zero-order chi connectivity index (χ0) is 19.3. The molecular weight excluding hydrogens is 415 g/mol. The summed E-state index contributed by atoms with van der Waals surface area (Å²) in [5.41, 5.74) is 0.00180. The van der Waals surface area contributed by atoms with Gasteiger partial charge in [-0.3, -0.25) is 4.79 Å². The molecule has 2 saturated heterocycles. The van der Waals surface area contributed by atoms with E-state index in [-0.39, 0.29) is 44.7 Å². The number of nitrogens with zero attached hydrogens (tertiary/aromatic N) is 1. The quantitative estimate of drug-likeness (QED) is 0.756. The number of carbonyl (C=O) groups is 1. The highest BCUT2D eigenvalue weighted by molar-refractivity contribution is 7.90. The fraction of sp³-hybridized carbons (Fsp3) is 0.588. The summed E-state index contributed by atoms with van der Waals surface area (Å²) in [5, 5.41) is 12.9. The van der Waals surface area contributed by atoms with Gasteiger partial charge in [-0.1, -0.05) is 23.2 Å². The van der Waals surface area contributed by atoms with Crippen molar-refractivity contribution < 1.29 is 23.1 Å². The van der Waals surface area contributed by atoms with E-state index >= 15 is 0 Å². The number of sulfonamides is 1. The maximum absolute atomic E-state index is 12.8. The number of aromatic hydroxyl groups is 1. The molecule has 1 aliphatic carbocycles. The van der Waals surface area contributed by atoms with Gasteiger partial charge in [0.05, 0.1) is 41.1 Å². The first-order valence-electron chi connectivity index (χ1n) is 8.86. The molecule has 3 aliphatic rings. The van der Waals surface area contributed by atoms with E-state index in [4.69, 9.17) is 27.9 Å². The summed E-state index contributed by atoms with van der Waals surface area (Å²) in [6, 6.07) is 1.92. The van der Waals surface area contributed by atoms with Crippen molar-refractivity contribution in [3.63, 3.8) is 0 Å². The maximum atomic E-state index is 12.8. The first-order valence-corrected chi connectivity index (χ1v) is 11.1. The normalized spacial score (nSPS) is 28.7. The van der Waals surface area contributed by atoms with Crippen LogP contribution in [0.1, 0.15) is 36.0 Å². The van der Waals surface area contributed by atoms with Crippen LogP contribution < -0.4 is 5.32 Å². The van der Waals surface area contributed by atoms with Crippen LogP contribution in [0, 0.1) is 0 Å². The Hall–Kier alpha value is -1.06. The molecule has 148 valence electrons. The van der Waals surface area contributed by atoms with Crippen LogP contribution in [0.4, 0.5) is 0 Å². The molecule has 2 atom stereocenters. The molecule has 0 radical (unpaired) electrons. The molecule has 1 amide bonds. The predicted octanol–water partition coefficient (Wildman–Crippen LogP) is 2.15. The topological polar surface area (TPSA) is 95.9 Å². The number of morpholine rings is 1. The van der Waals surface area contributed by atoms with E-state index in [1.165, 1.54) is 12.1 Å². The number of phenolic OH excluding ortho intramolecular Hbond substituents is 1. The van der Waals surface area contributed by atoms with E-state index < -0.39 is 15.9 Å².